The van der Waals surface area contributed by atoms with Crippen molar-refractivity contribution in [1.82, 2.24) is 0 Å². The molecule has 1 aliphatic rings. The highest BCUT2D eigenvalue weighted by molar-refractivity contribution is 6.18. The second-order valence-electron chi connectivity index (χ2n) is 16.1. The van der Waals surface area contributed by atoms with E-state index in [9.17, 15) is 0 Å². The van der Waals surface area contributed by atoms with Crippen LogP contribution >= 0.6 is 0 Å². The first kappa shape index (κ1) is 35.1. The molecule has 0 aliphatic carbocycles. The lowest BCUT2D eigenvalue weighted by Gasteiger charge is -2.29. The normalized spacial score (nSPS) is 12.7. The SMILES string of the molecule is Cc1c(C)c(C)c2c(C)c3c(c(C)c2c1C)OCOc1c-3c(C)c2c(C)c(C)c(C)c(C)c2c1-c1c(C)c(C)c(C)c2c(C)c(C)c(C)c(C)c12. The minimum atomic E-state index is 0.160. The van der Waals surface area contributed by atoms with Crippen LogP contribution in [-0.4, -0.2) is 6.79 Å². The highest BCUT2D eigenvalue weighted by Gasteiger charge is 2.34. The Balaban J connectivity index is 1.85. The Morgan fingerprint density at radius 1 is 0.216 bits per heavy atom. The van der Waals surface area contributed by atoms with Crippen molar-refractivity contribution in [2.75, 3.05) is 6.79 Å². The van der Waals surface area contributed by atoms with Crippen molar-refractivity contribution >= 4 is 32.3 Å². The molecule has 0 N–H and O–H groups in total. The van der Waals surface area contributed by atoms with E-state index in [0.717, 1.165) is 11.5 Å². The first-order valence-corrected chi connectivity index (χ1v) is 18.7. The number of aryl methyl sites for hydroxylation is 10. The van der Waals surface area contributed by atoms with Gasteiger partial charge in [0.2, 0.25) is 6.79 Å². The molecule has 7 rings (SSSR count). The maximum absolute atomic E-state index is 7.09. The van der Waals surface area contributed by atoms with E-state index in [1.807, 2.05) is 0 Å². The van der Waals surface area contributed by atoms with Gasteiger partial charge < -0.3 is 9.47 Å². The van der Waals surface area contributed by atoms with Crippen LogP contribution in [0.15, 0.2) is 0 Å². The van der Waals surface area contributed by atoms with Gasteiger partial charge in [0.25, 0.3) is 0 Å². The van der Waals surface area contributed by atoms with E-state index in [2.05, 4.69) is 125 Å². The highest BCUT2D eigenvalue weighted by atomic mass is 16.7. The van der Waals surface area contributed by atoms with Crippen LogP contribution in [0.2, 0.25) is 0 Å². The van der Waals surface area contributed by atoms with E-state index in [1.54, 1.807) is 0 Å². The molecule has 6 aromatic carbocycles. The van der Waals surface area contributed by atoms with Gasteiger partial charge in [-0.05, 0) is 263 Å². The van der Waals surface area contributed by atoms with Crippen molar-refractivity contribution < 1.29 is 9.47 Å². The second-order valence-corrected chi connectivity index (χ2v) is 16.1. The molecule has 51 heavy (non-hydrogen) atoms. The Morgan fingerprint density at radius 3 is 0.922 bits per heavy atom. The molecule has 0 aromatic heterocycles. The smallest absolute Gasteiger partial charge is 0.230 e. The lowest BCUT2D eigenvalue weighted by atomic mass is 9.75. The van der Waals surface area contributed by atoms with Gasteiger partial charge in [0.15, 0.2) is 0 Å². The molecule has 0 fully saturated rings. The number of hydrogen-bond donors (Lipinski definition) is 0. The average molecular weight is 677 g/mol. The van der Waals surface area contributed by atoms with Gasteiger partial charge in [-0.3, -0.25) is 0 Å². The van der Waals surface area contributed by atoms with Gasteiger partial charge in [0, 0.05) is 16.7 Å². The maximum Gasteiger partial charge on any atom is 0.230 e. The van der Waals surface area contributed by atoms with Gasteiger partial charge in [-0.25, -0.2) is 0 Å². The number of benzene rings is 6. The van der Waals surface area contributed by atoms with Crippen LogP contribution in [0.25, 0.3) is 54.6 Å². The zero-order valence-corrected chi connectivity index (χ0v) is 34.5. The van der Waals surface area contributed by atoms with Crippen molar-refractivity contribution in [2.45, 2.75) is 125 Å². The summed E-state index contributed by atoms with van der Waals surface area (Å²) >= 11 is 0. The van der Waals surface area contributed by atoms with Crippen LogP contribution in [0, 0.1) is 125 Å². The van der Waals surface area contributed by atoms with Crippen LogP contribution in [-0.2, 0) is 0 Å². The van der Waals surface area contributed by atoms with Gasteiger partial charge in [-0.1, -0.05) is 0 Å². The Bertz CT molecular complexity index is 2600. The van der Waals surface area contributed by atoms with Crippen molar-refractivity contribution in [1.29, 1.82) is 0 Å². The first-order chi connectivity index (χ1) is 23.9. The van der Waals surface area contributed by atoms with E-state index in [-0.39, 0.29) is 6.79 Å². The van der Waals surface area contributed by atoms with E-state index in [4.69, 9.17) is 9.47 Å². The van der Waals surface area contributed by atoms with Gasteiger partial charge in [-0.15, -0.1) is 0 Å². The highest BCUT2D eigenvalue weighted by Crippen LogP contribution is 2.57. The third-order valence-electron chi connectivity index (χ3n) is 14.2. The summed E-state index contributed by atoms with van der Waals surface area (Å²) in [5.74, 6) is 1.91. The largest absolute Gasteiger partial charge is 0.457 e. The molecule has 0 radical (unpaired) electrons. The summed E-state index contributed by atoms with van der Waals surface area (Å²) in [5, 5.41) is 8.07. The van der Waals surface area contributed by atoms with Crippen molar-refractivity contribution in [3.8, 4) is 33.8 Å². The van der Waals surface area contributed by atoms with Crippen molar-refractivity contribution in [2.24, 2.45) is 0 Å². The second kappa shape index (κ2) is 11.6. The Kier molecular flexibility index (Phi) is 7.99. The first-order valence-electron chi connectivity index (χ1n) is 18.7. The third-order valence-corrected chi connectivity index (χ3v) is 14.2. The Hall–Kier alpha value is -4.30. The fourth-order valence-corrected chi connectivity index (χ4v) is 10.0. The fraction of sp³-hybridized carbons (Fsp3) is 0.388. The fourth-order valence-electron chi connectivity index (χ4n) is 10.0. The summed E-state index contributed by atoms with van der Waals surface area (Å²) < 4.78 is 13.9. The molecular formula is C49H56O2. The van der Waals surface area contributed by atoms with E-state index in [1.165, 1.54) is 155 Å². The minimum absolute atomic E-state index is 0.160. The zero-order chi connectivity index (χ0) is 37.4. The maximum atomic E-state index is 7.09. The van der Waals surface area contributed by atoms with E-state index >= 15 is 0 Å². The minimum Gasteiger partial charge on any atom is -0.457 e. The summed E-state index contributed by atoms with van der Waals surface area (Å²) in [6, 6.07) is 0. The number of rotatable bonds is 1. The number of hydrogen-bond acceptors (Lipinski definition) is 2. The Morgan fingerprint density at radius 2 is 0.490 bits per heavy atom. The zero-order valence-electron chi connectivity index (χ0n) is 34.5. The summed E-state index contributed by atoms with van der Waals surface area (Å²) in [4.78, 5) is 0. The van der Waals surface area contributed by atoms with E-state index in [0.29, 0.717) is 0 Å². The molecule has 0 saturated carbocycles. The van der Waals surface area contributed by atoms with Gasteiger partial charge >= 0.3 is 0 Å². The molecule has 6 aromatic rings. The molecular weight excluding hydrogens is 621 g/mol. The predicted octanol–water partition coefficient (Wildman–Crippen LogP) is 13.8. The molecule has 0 unspecified atom stereocenters. The molecule has 1 aliphatic heterocycles. The molecule has 1 heterocycles. The van der Waals surface area contributed by atoms with E-state index < -0.39 is 0 Å². The molecule has 264 valence electrons. The lowest BCUT2D eigenvalue weighted by Crippen LogP contribution is -2.08. The van der Waals surface area contributed by atoms with Crippen LogP contribution in [0.4, 0.5) is 0 Å². The quantitative estimate of drug-likeness (QED) is 0.173. The average Bonchev–Trinajstić information content (AvgIpc) is 3.31. The van der Waals surface area contributed by atoms with Crippen LogP contribution in [0.5, 0.6) is 11.5 Å². The van der Waals surface area contributed by atoms with Gasteiger partial charge in [0.1, 0.15) is 11.5 Å². The number of fused-ring (bicyclic) bond motifs is 6. The molecule has 2 nitrogen and oxygen atoms in total. The molecule has 2 heteroatoms. The molecule has 0 spiro atoms. The predicted molar refractivity (Wildman–Crippen MR) is 221 cm³/mol. The monoisotopic (exact) mass is 676 g/mol. The van der Waals surface area contributed by atoms with Crippen LogP contribution in [0.1, 0.15) is 100 Å². The topological polar surface area (TPSA) is 18.5 Å². The molecule has 0 atom stereocenters. The Labute approximate surface area is 306 Å². The summed E-state index contributed by atoms with van der Waals surface area (Å²) in [6.45, 7) is 41.6. The lowest BCUT2D eigenvalue weighted by molar-refractivity contribution is 0.125. The van der Waals surface area contributed by atoms with Crippen LogP contribution in [0.3, 0.4) is 0 Å². The molecule has 0 bridgehead atoms. The van der Waals surface area contributed by atoms with Crippen molar-refractivity contribution in [3.05, 3.63) is 100 Å². The summed E-state index contributed by atoms with van der Waals surface area (Å²) in [5.41, 5.74) is 29.0. The third kappa shape index (κ3) is 4.35. The van der Waals surface area contributed by atoms with Gasteiger partial charge in [0.05, 0.1) is 0 Å². The summed E-state index contributed by atoms with van der Waals surface area (Å²) in [7, 11) is 0. The standard InChI is InChI=1S/C49H56O2/c1-20-21(2)30(11)41-37(18)48-45(35(16)39(41)28(20)9)46-36(17)40-29(10)23(4)25(6)33(14)43(40)47(49(46)51-19-50-48)44-34(15)26(7)31(12)38-27(8)22(3)24(5)32(13)42(38)44/h19H2,1-18H3. The van der Waals surface area contributed by atoms with Crippen molar-refractivity contribution in [3.63, 3.8) is 0 Å². The van der Waals surface area contributed by atoms with Crippen LogP contribution < -0.4 is 9.47 Å². The molecule has 0 saturated heterocycles. The molecule has 0 amide bonds. The van der Waals surface area contributed by atoms with Gasteiger partial charge in [-0.2, -0.15) is 0 Å². The summed E-state index contributed by atoms with van der Waals surface area (Å²) in [6.07, 6.45) is 0. The number of ether oxygens (including phenoxy) is 2.